The van der Waals surface area contributed by atoms with Crippen LogP contribution in [-0.2, 0) is 13.0 Å². The molecule has 2 aliphatic rings. The molecule has 0 radical (unpaired) electrons. The summed E-state index contributed by atoms with van der Waals surface area (Å²) < 4.78 is 6.56. The number of rotatable bonds is 6. The van der Waals surface area contributed by atoms with E-state index in [1.807, 2.05) is 0 Å². The molecule has 2 aliphatic carbocycles. The first-order chi connectivity index (χ1) is 16.9. The zero-order chi connectivity index (χ0) is 22.7. The molecule has 6 rings (SSSR count). The summed E-state index contributed by atoms with van der Waals surface area (Å²) >= 11 is 0. The number of benzene rings is 4. The van der Waals surface area contributed by atoms with E-state index in [1.165, 1.54) is 77.1 Å². The molecule has 0 aliphatic heterocycles. The van der Waals surface area contributed by atoms with E-state index in [2.05, 4.69) is 91.0 Å². The first kappa shape index (κ1) is 21.2. The molecule has 0 saturated heterocycles. The zero-order valence-electron chi connectivity index (χ0n) is 19.8. The fourth-order valence-corrected chi connectivity index (χ4v) is 6.02. The van der Waals surface area contributed by atoms with Crippen molar-refractivity contribution in [2.24, 2.45) is 5.92 Å². The van der Waals surface area contributed by atoms with E-state index in [4.69, 9.17) is 4.74 Å². The highest BCUT2D eigenvalue weighted by Crippen LogP contribution is 2.47. The molecule has 170 valence electrons. The average Bonchev–Trinajstić information content (AvgIpc) is 3.25. The number of allylic oxidation sites excluding steroid dienone is 1. The van der Waals surface area contributed by atoms with Gasteiger partial charge in [0.05, 0.1) is 0 Å². The van der Waals surface area contributed by atoms with Crippen LogP contribution in [0.15, 0.2) is 96.6 Å². The van der Waals surface area contributed by atoms with Gasteiger partial charge >= 0.3 is 0 Å². The van der Waals surface area contributed by atoms with E-state index >= 15 is 0 Å². The molecular weight excluding hydrogens is 412 g/mol. The molecule has 0 heterocycles. The fourth-order valence-electron chi connectivity index (χ4n) is 6.02. The Kier molecular flexibility index (Phi) is 5.93. The summed E-state index contributed by atoms with van der Waals surface area (Å²) in [5.74, 6) is 1.81. The maximum Gasteiger partial charge on any atom is 0.128 e. The molecule has 0 N–H and O–H groups in total. The Labute approximate surface area is 203 Å². The van der Waals surface area contributed by atoms with Gasteiger partial charge in [-0.3, -0.25) is 0 Å². The normalized spacial score (nSPS) is 16.1. The van der Waals surface area contributed by atoms with Crippen LogP contribution in [0.25, 0.3) is 16.3 Å². The summed E-state index contributed by atoms with van der Waals surface area (Å²) in [5.41, 5.74) is 8.38. The summed E-state index contributed by atoms with van der Waals surface area (Å²) in [7, 11) is 0. The van der Waals surface area contributed by atoms with Gasteiger partial charge in [-0.15, -0.1) is 0 Å². The minimum atomic E-state index is 0.582. The van der Waals surface area contributed by atoms with E-state index in [1.54, 1.807) is 5.57 Å². The maximum absolute atomic E-state index is 6.56. The van der Waals surface area contributed by atoms with Crippen LogP contribution in [0.2, 0.25) is 0 Å². The third kappa shape index (κ3) is 4.16. The topological polar surface area (TPSA) is 9.23 Å². The SMILES string of the molecule is c1ccc(COc2ccc3ccccc3c2C2=C(CC3CCCCC3)Cc3ccccc32)cc1. The Morgan fingerprint density at radius 3 is 2.35 bits per heavy atom. The molecule has 0 amide bonds. The van der Waals surface area contributed by atoms with E-state index < -0.39 is 0 Å². The second-order valence-corrected chi connectivity index (χ2v) is 9.95. The van der Waals surface area contributed by atoms with E-state index in [0.29, 0.717) is 6.61 Å². The summed E-state index contributed by atoms with van der Waals surface area (Å²) in [6, 6.07) is 32.7. The van der Waals surface area contributed by atoms with Crippen LogP contribution in [0.5, 0.6) is 5.75 Å². The maximum atomic E-state index is 6.56. The second kappa shape index (κ2) is 9.50. The highest BCUT2D eigenvalue weighted by Gasteiger charge is 2.28. The molecular formula is C33H32O. The molecule has 4 aromatic carbocycles. The molecule has 4 aromatic rings. The van der Waals surface area contributed by atoms with Crippen LogP contribution in [-0.4, -0.2) is 0 Å². The predicted octanol–water partition coefficient (Wildman–Crippen LogP) is 8.75. The van der Waals surface area contributed by atoms with Crippen molar-refractivity contribution in [3.8, 4) is 5.75 Å². The molecule has 0 unspecified atom stereocenters. The highest BCUT2D eigenvalue weighted by atomic mass is 16.5. The van der Waals surface area contributed by atoms with Gasteiger partial charge in [0.2, 0.25) is 0 Å². The van der Waals surface area contributed by atoms with Crippen LogP contribution in [0.4, 0.5) is 0 Å². The summed E-state index contributed by atoms with van der Waals surface area (Å²) in [5, 5.41) is 2.57. The lowest BCUT2D eigenvalue weighted by Gasteiger charge is -2.23. The largest absolute Gasteiger partial charge is 0.488 e. The summed E-state index contributed by atoms with van der Waals surface area (Å²) in [4.78, 5) is 0. The van der Waals surface area contributed by atoms with E-state index in [-0.39, 0.29) is 0 Å². The standard InChI is InChI=1S/C33H32O/c1-3-11-24(12-4-1)21-28-22-27-16-8-10-18-30(27)32(28)33-29-17-9-7-15-26(29)19-20-31(33)34-23-25-13-5-2-6-14-25/h2,5-10,13-20,24H,1,3-4,11-12,21-23H2. The van der Waals surface area contributed by atoms with Crippen molar-refractivity contribution < 1.29 is 4.74 Å². The van der Waals surface area contributed by atoms with Crippen LogP contribution >= 0.6 is 0 Å². The minimum absolute atomic E-state index is 0.582. The van der Waals surface area contributed by atoms with Gasteiger partial charge in [0, 0.05) is 5.56 Å². The molecule has 1 fully saturated rings. The van der Waals surface area contributed by atoms with Crippen molar-refractivity contribution >= 4 is 16.3 Å². The van der Waals surface area contributed by atoms with Gasteiger partial charge < -0.3 is 4.74 Å². The van der Waals surface area contributed by atoms with Crippen molar-refractivity contribution in [3.05, 3.63) is 119 Å². The molecule has 1 heteroatoms. The molecule has 1 nitrogen and oxygen atoms in total. The molecule has 34 heavy (non-hydrogen) atoms. The van der Waals surface area contributed by atoms with Gasteiger partial charge in [0.25, 0.3) is 0 Å². The van der Waals surface area contributed by atoms with Crippen molar-refractivity contribution in [3.63, 3.8) is 0 Å². The Bertz CT molecular complexity index is 1330. The van der Waals surface area contributed by atoms with Crippen molar-refractivity contribution in [2.75, 3.05) is 0 Å². The van der Waals surface area contributed by atoms with Crippen LogP contribution < -0.4 is 4.74 Å². The van der Waals surface area contributed by atoms with Gasteiger partial charge in [0.1, 0.15) is 12.4 Å². The average molecular weight is 445 g/mol. The lowest BCUT2D eigenvalue weighted by Crippen LogP contribution is -2.08. The lowest BCUT2D eigenvalue weighted by atomic mass is 9.82. The first-order valence-corrected chi connectivity index (χ1v) is 12.9. The monoisotopic (exact) mass is 444 g/mol. The number of hydrogen-bond donors (Lipinski definition) is 0. The van der Waals surface area contributed by atoms with Gasteiger partial charge in [-0.05, 0) is 57.9 Å². The smallest absolute Gasteiger partial charge is 0.128 e. The van der Waals surface area contributed by atoms with Crippen LogP contribution in [0.3, 0.4) is 0 Å². The third-order valence-corrected chi connectivity index (χ3v) is 7.68. The lowest BCUT2D eigenvalue weighted by molar-refractivity contribution is 0.306. The van der Waals surface area contributed by atoms with E-state index in [0.717, 1.165) is 18.1 Å². The van der Waals surface area contributed by atoms with Crippen LogP contribution in [0, 0.1) is 5.92 Å². The van der Waals surface area contributed by atoms with Crippen LogP contribution in [0.1, 0.15) is 60.8 Å². The highest BCUT2D eigenvalue weighted by molar-refractivity contribution is 6.02. The number of ether oxygens (including phenoxy) is 1. The summed E-state index contributed by atoms with van der Waals surface area (Å²) in [6.45, 7) is 0.582. The predicted molar refractivity (Wildman–Crippen MR) is 142 cm³/mol. The second-order valence-electron chi connectivity index (χ2n) is 9.95. The van der Waals surface area contributed by atoms with Gasteiger partial charge in [-0.2, -0.15) is 0 Å². The minimum Gasteiger partial charge on any atom is -0.488 e. The first-order valence-electron chi connectivity index (χ1n) is 12.9. The molecule has 0 aromatic heterocycles. The quantitative estimate of drug-likeness (QED) is 0.289. The van der Waals surface area contributed by atoms with Crippen molar-refractivity contribution in [1.82, 2.24) is 0 Å². The summed E-state index contributed by atoms with van der Waals surface area (Å²) in [6.07, 6.45) is 9.22. The van der Waals surface area contributed by atoms with Gasteiger partial charge in [-0.25, -0.2) is 0 Å². The molecule has 1 saturated carbocycles. The van der Waals surface area contributed by atoms with Crippen molar-refractivity contribution in [2.45, 2.75) is 51.6 Å². The van der Waals surface area contributed by atoms with E-state index in [9.17, 15) is 0 Å². The fraction of sp³-hybridized carbons (Fsp3) is 0.273. The zero-order valence-corrected chi connectivity index (χ0v) is 19.8. The van der Waals surface area contributed by atoms with Crippen molar-refractivity contribution in [1.29, 1.82) is 0 Å². The van der Waals surface area contributed by atoms with Gasteiger partial charge in [0.15, 0.2) is 0 Å². The van der Waals surface area contributed by atoms with Gasteiger partial charge in [-0.1, -0.05) is 123 Å². The Balaban J connectivity index is 1.49. The number of hydrogen-bond acceptors (Lipinski definition) is 1. The number of fused-ring (bicyclic) bond motifs is 2. The Morgan fingerprint density at radius 2 is 1.47 bits per heavy atom. The molecule has 0 bridgehead atoms. The molecule has 0 atom stereocenters. The third-order valence-electron chi connectivity index (χ3n) is 7.68. The molecule has 0 spiro atoms. The Morgan fingerprint density at radius 1 is 0.706 bits per heavy atom. The Hall–Kier alpha value is -3.32.